The second kappa shape index (κ2) is 6.31. The van der Waals surface area contributed by atoms with Gasteiger partial charge in [-0.05, 0) is 31.5 Å². The minimum absolute atomic E-state index is 0.136. The van der Waals surface area contributed by atoms with E-state index in [1.165, 1.54) is 22.6 Å². The Bertz CT molecular complexity index is 586. The van der Waals surface area contributed by atoms with Gasteiger partial charge >= 0.3 is 0 Å². The first-order valence-corrected chi connectivity index (χ1v) is 8.11. The third-order valence-electron chi connectivity index (χ3n) is 3.43. The van der Waals surface area contributed by atoms with Crippen molar-refractivity contribution in [1.29, 1.82) is 5.26 Å². The number of likely N-dealkylation sites (N-methyl/N-ethyl adjacent to an activating group) is 1. The molecular formula is C13H18N4O2S. The highest BCUT2D eigenvalue weighted by Crippen LogP contribution is 2.17. The van der Waals surface area contributed by atoms with E-state index < -0.39 is 10.0 Å². The molecule has 1 fully saturated rings. The fourth-order valence-corrected chi connectivity index (χ4v) is 3.74. The van der Waals surface area contributed by atoms with Crippen LogP contribution < -0.4 is 5.32 Å². The topological polar surface area (TPSA) is 86.1 Å². The molecule has 1 aliphatic rings. The van der Waals surface area contributed by atoms with E-state index in [4.69, 9.17) is 5.26 Å². The van der Waals surface area contributed by atoms with Crippen LogP contribution in [0.3, 0.4) is 0 Å². The third kappa shape index (κ3) is 3.15. The molecule has 20 heavy (non-hydrogen) atoms. The van der Waals surface area contributed by atoms with Gasteiger partial charge in [0.25, 0.3) is 0 Å². The van der Waals surface area contributed by atoms with Crippen LogP contribution in [0.25, 0.3) is 0 Å². The first-order chi connectivity index (χ1) is 9.57. The molecule has 1 atom stereocenters. The molecule has 2 rings (SSSR count). The van der Waals surface area contributed by atoms with E-state index in [0.717, 1.165) is 19.4 Å². The van der Waals surface area contributed by atoms with Gasteiger partial charge in [-0.2, -0.15) is 9.57 Å². The quantitative estimate of drug-likeness (QED) is 0.864. The maximum absolute atomic E-state index is 12.5. The fraction of sp³-hybridized carbons (Fsp3) is 0.538. The van der Waals surface area contributed by atoms with E-state index >= 15 is 0 Å². The normalized spacial score (nSPS) is 19.1. The highest BCUT2D eigenvalue weighted by molar-refractivity contribution is 7.89. The van der Waals surface area contributed by atoms with Gasteiger partial charge in [0, 0.05) is 25.3 Å². The predicted molar refractivity (Wildman–Crippen MR) is 74.4 cm³/mol. The highest BCUT2D eigenvalue weighted by atomic mass is 32.2. The predicted octanol–water partition coefficient (Wildman–Crippen LogP) is 0.716. The molecule has 1 aromatic heterocycles. The first-order valence-electron chi connectivity index (χ1n) is 6.67. The molecule has 0 spiro atoms. The molecule has 1 aromatic rings. The minimum Gasteiger partial charge on any atom is -0.313 e. The number of hydrogen-bond acceptors (Lipinski definition) is 5. The van der Waals surface area contributed by atoms with Crippen LogP contribution in [0.15, 0.2) is 23.2 Å². The summed E-state index contributed by atoms with van der Waals surface area (Å²) in [5.41, 5.74) is 0.212. The number of hydrogen-bond donors (Lipinski definition) is 1. The van der Waals surface area contributed by atoms with E-state index in [-0.39, 0.29) is 16.6 Å². The van der Waals surface area contributed by atoms with Gasteiger partial charge in [0.1, 0.15) is 16.7 Å². The Kier molecular flexibility index (Phi) is 4.70. The Balaban J connectivity index is 2.19. The van der Waals surface area contributed by atoms with Crippen LogP contribution >= 0.6 is 0 Å². The number of nitriles is 1. The molecule has 0 aliphatic carbocycles. The second-order valence-electron chi connectivity index (χ2n) is 4.74. The molecule has 0 bridgehead atoms. The zero-order chi connectivity index (χ0) is 14.6. The van der Waals surface area contributed by atoms with Gasteiger partial charge in [-0.1, -0.05) is 6.92 Å². The van der Waals surface area contributed by atoms with Crippen molar-refractivity contribution in [3.8, 4) is 6.07 Å². The molecule has 0 aromatic carbocycles. The molecule has 0 amide bonds. The third-order valence-corrected chi connectivity index (χ3v) is 5.35. The largest absolute Gasteiger partial charge is 0.313 e. The summed E-state index contributed by atoms with van der Waals surface area (Å²) in [6.07, 6.45) is 3.33. The Morgan fingerprint density at radius 2 is 2.35 bits per heavy atom. The van der Waals surface area contributed by atoms with Crippen LogP contribution in [-0.4, -0.2) is 43.4 Å². The summed E-state index contributed by atoms with van der Waals surface area (Å²) >= 11 is 0. The van der Waals surface area contributed by atoms with E-state index in [1.807, 2.05) is 13.0 Å². The first kappa shape index (κ1) is 14.9. The molecular weight excluding hydrogens is 276 g/mol. The lowest BCUT2D eigenvalue weighted by molar-refractivity contribution is 0.382. The number of nitrogens with zero attached hydrogens (tertiary/aromatic N) is 3. The number of nitrogens with one attached hydrogen (secondary N) is 1. The van der Waals surface area contributed by atoms with Crippen LogP contribution in [0.4, 0.5) is 0 Å². The second-order valence-corrected chi connectivity index (χ2v) is 6.68. The molecule has 1 unspecified atom stereocenters. The van der Waals surface area contributed by atoms with E-state index in [0.29, 0.717) is 13.1 Å². The highest BCUT2D eigenvalue weighted by Gasteiger charge is 2.27. The summed E-state index contributed by atoms with van der Waals surface area (Å²) in [5, 5.41) is 12.0. The van der Waals surface area contributed by atoms with Crippen molar-refractivity contribution in [2.75, 3.05) is 19.6 Å². The Labute approximate surface area is 119 Å². The van der Waals surface area contributed by atoms with Crippen LogP contribution in [0.1, 0.15) is 25.5 Å². The van der Waals surface area contributed by atoms with Crippen LogP contribution in [0.2, 0.25) is 0 Å². The minimum atomic E-state index is -3.54. The summed E-state index contributed by atoms with van der Waals surface area (Å²) in [6, 6.07) is 4.96. The van der Waals surface area contributed by atoms with Crippen LogP contribution in [0.5, 0.6) is 0 Å². The Hall–Kier alpha value is -1.49. The number of aromatic nitrogens is 1. The standard InChI is InChI=1S/C13H18N4O2S/c1-2-17(10-12-4-3-7-15-12)20(18,19)13-6-5-11(8-14)16-9-13/h5-6,9,12,15H,2-4,7,10H2,1H3. The summed E-state index contributed by atoms with van der Waals surface area (Å²) in [4.78, 5) is 3.96. The molecule has 6 nitrogen and oxygen atoms in total. The zero-order valence-electron chi connectivity index (χ0n) is 11.4. The average Bonchev–Trinajstić information content (AvgIpc) is 2.97. The smallest absolute Gasteiger partial charge is 0.244 e. The van der Waals surface area contributed by atoms with Gasteiger partial charge in [-0.25, -0.2) is 13.4 Å². The average molecular weight is 294 g/mol. The molecule has 1 N–H and O–H groups in total. The maximum Gasteiger partial charge on any atom is 0.244 e. The monoisotopic (exact) mass is 294 g/mol. The molecule has 1 aliphatic heterocycles. The van der Waals surface area contributed by atoms with Crippen molar-refractivity contribution in [3.63, 3.8) is 0 Å². The van der Waals surface area contributed by atoms with Gasteiger partial charge in [0.2, 0.25) is 10.0 Å². The van der Waals surface area contributed by atoms with Gasteiger partial charge < -0.3 is 5.32 Å². The molecule has 108 valence electrons. The lowest BCUT2D eigenvalue weighted by Crippen LogP contribution is -2.40. The van der Waals surface area contributed by atoms with Crippen molar-refractivity contribution in [3.05, 3.63) is 24.0 Å². The van der Waals surface area contributed by atoms with Crippen molar-refractivity contribution < 1.29 is 8.42 Å². The van der Waals surface area contributed by atoms with Crippen LogP contribution in [-0.2, 0) is 10.0 Å². The van der Waals surface area contributed by atoms with Crippen molar-refractivity contribution in [2.24, 2.45) is 0 Å². The van der Waals surface area contributed by atoms with Crippen molar-refractivity contribution >= 4 is 10.0 Å². The van der Waals surface area contributed by atoms with Crippen molar-refractivity contribution in [2.45, 2.75) is 30.7 Å². The van der Waals surface area contributed by atoms with Gasteiger partial charge in [0.15, 0.2) is 0 Å². The van der Waals surface area contributed by atoms with E-state index in [2.05, 4.69) is 10.3 Å². The molecule has 1 saturated heterocycles. The van der Waals surface area contributed by atoms with Gasteiger partial charge in [-0.3, -0.25) is 0 Å². The fourth-order valence-electron chi connectivity index (χ4n) is 2.30. The lowest BCUT2D eigenvalue weighted by Gasteiger charge is -2.23. The number of rotatable bonds is 5. The molecule has 0 radical (unpaired) electrons. The summed E-state index contributed by atoms with van der Waals surface area (Å²) in [6.45, 7) is 3.66. The summed E-state index contributed by atoms with van der Waals surface area (Å²) in [7, 11) is -3.54. The Morgan fingerprint density at radius 1 is 1.55 bits per heavy atom. The molecule has 0 saturated carbocycles. The van der Waals surface area contributed by atoms with E-state index in [9.17, 15) is 8.42 Å². The van der Waals surface area contributed by atoms with Crippen molar-refractivity contribution in [1.82, 2.24) is 14.6 Å². The number of sulfonamides is 1. The maximum atomic E-state index is 12.5. The summed E-state index contributed by atoms with van der Waals surface area (Å²) in [5.74, 6) is 0. The van der Waals surface area contributed by atoms with Gasteiger partial charge in [0.05, 0.1) is 0 Å². The zero-order valence-corrected chi connectivity index (χ0v) is 12.2. The molecule has 2 heterocycles. The SMILES string of the molecule is CCN(CC1CCCN1)S(=O)(=O)c1ccc(C#N)nc1. The molecule has 7 heteroatoms. The number of pyridine rings is 1. The van der Waals surface area contributed by atoms with Gasteiger partial charge in [-0.15, -0.1) is 0 Å². The van der Waals surface area contributed by atoms with E-state index in [1.54, 1.807) is 0 Å². The lowest BCUT2D eigenvalue weighted by atomic mass is 10.2. The Morgan fingerprint density at radius 3 is 2.85 bits per heavy atom. The summed E-state index contributed by atoms with van der Waals surface area (Å²) < 4.78 is 26.5. The van der Waals surface area contributed by atoms with Crippen LogP contribution in [0, 0.1) is 11.3 Å².